The van der Waals surface area contributed by atoms with Crippen molar-refractivity contribution in [3.63, 3.8) is 0 Å². The molecule has 0 radical (unpaired) electrons. The smallest absolute Gasteiger partial charge is 0.233 e. The van der Waals surface area contributed by atoms with Gasteiger partial charge < -0.3 is 10.6 Å². The zero-order valence-electron chi connectivity index (χ0n) is 10.3. The molecule has 2 unspecified atom stereocenters. The topological polar surface area (TPSA) is 41.1 Å². The number of carbonyl (C=O) groups is 1. The van der Waals surface area contributed by atoms with E-state index < -0.39 is 0 Å². The lowest BCUT2D eigenvalue weighted by molar-refractivity contribution is -0.117. The fourth-order valence-corrected chi connectivity index (χ4v) is 3.12. The monoisotopic (exact) mass is 230 g/mol. The lowest BCUT2D eigenvalue weighted by Gasteiger charge is -2.31. The Morgan fingerprint density at radius 1 is 1.41 bits per heavy atom. The molecule has 1 aromatic rings. The van der Waals surface area contributed by atoms with Crippen molar-refractivity contribution in [1.29, 1.82) is 0 Å². The molecule has 17 heavy (non-hydrogen) atoms. The minimum atomic E-state index is 0.0114. The zero-order valence-corrected chi connectivity index (χ0v) is 10.3. The Morgan fingerprint density at radius 2 is 2.24 bits per heavy atom. The van der Waals surface area contributed by atoms with E-state index in [0.29, 0.717) is 6.04 Å². The first kappa shape index (κ1) is 10.8. The van der Waals surface area contributed by atoms with Crippen LogP contribution >= 0.6 is 0 Å². The van der Waals surface area contributed by atoms with Gasteiger partial charge in [-0.3, -0.25) is 4.79 Å². The van der Waals surface area contributed by atoms with Gasteiger partial charge in [0.25, 0.3) is 0 Å². The first-order valence-corrected chi connectivity index (χ1v) is 6.35. The molecule has 1 heterocycles. The molecular weight excluding hydrogens is 212 g/mol. The molecule has 0 spiro atoms. The van der Waals surface area contributed by atoms with Crippen molar-refractivity contribution in [3.05, 3.63) is 29.3 Å². The Morgan fingerprint density at radius 3 is 3.00 bits per heavy atom. The van der Waals surface area contributed by atoms with Gasteiger partial charge in [-0.1, -0.05) is 26.0 Å². The van der Waals surface area contributed by atoms with Crippen LogP contribution in [-0.2, 0) is 11.2 Å². The molecule has 1 aliphatic heterocycles. The van der Waals surface area contributed by atoms with Crippen LogP contribution in [0.5, 0.6) is 0 Å². The summed E-state index contributed by atoms with van der Waals surface area (Å²) in [6.45, 7) is 4.27. The quantitative estimate of drug-likeness (QED) is 0.816. The summed E-state index contributed by atoms with van der Waals surface area (Å²) in [6, 6.07) is 6.90. The van der Waals surface area contributed by atoms with Crippen LogP contribution in [0.2, 0.25) is 0 Å². The fourth-order valence-electron chi connectivity index (χ4n) is 3.12. The molecule has 1 aliphatic carbocycles. The lowest BCUT2D eigenvalue weighted by Crippen LogP contribution is -2.43. The van der Waals surface area contributed by atoms with Crippen molar-refractivity contribution in [2.24, 2.45) is 0 Å². The number of benzene rings is 1. The van der Waals surface area contributed by atoms with E-state index in [2.05, 4.69) is 30.5 Å². The number of aryl methyl sites for hydroxylation is 1. The number of nitrogens with one attached hydrogen (secondary N) is 2. The van der Waals surface area contributed by atoms with Crippen molar-refractivity contribution in [2.45, 2.75) is 44.7 Å². The molecular formula is C14H18N2O. The molecule has 2 aliphatic rings. The third-order valence-electron chi connectivity index (χ3n) is 3.72. The standard InChI is InChI=1S/C14H18N2O/c1-8(2)15-11-7-6-9-4-3-5-10-12(9)13(11)14(17)16-10/h3-5,8,11,13,15H,6-7H2,1-2H3,(H,16,17). The summed E-state index contributed by atoms with van der Waals surface area (Å²) in [6.07, 6.45) is 2.12. The van der Waals surface area contributed by atoms with Gasteiger partial charge in [-0.2, -0.15) is 0 Å². The van der Waals surface area contributed by atoms with Crippen LogP contribution in [0, 0.1) is 0 Å². The van der Waals surface area contributed by atoms with Crippen molar-refractivity contribution in [1.82, 2.24) is 5.32 Å². The molecule has 1 amide bonds. The number of rotatable bonds is 2. The van der Waals surface area contributed by atoms with Gasteiger partial charge in [-0.25, -0.2) is 0 Å². The van der Waals surface area contributed by atoms with Crippen molar-refractivity contribution >= 4 is 11.6 Å². The number of carbonyl (C=O) groups excluding carboxylic acids is 1. The summed E-state index contributed by atoms with van der Waals surface area (Å²) < 4.78 is 0. The Kier molecular flexibility index (Phi) is 2.44. The van der Waals surface area contributed by atoms with E-state index in [9.17, 15) is 4.79 Å². The van der Waals surface area contributed by atoms with E-state index >= 15 is 0 Å². The highest BCUT2D eigenvalue weighted by Crippen LogP contribution is 2.42. The maximum atomic E-state index is 12.1. The van der Waals surface area contributed by atoms with Crippen molar-refractivity contribution in [3.8, 4) is 0 Å². The van der Waals surface area contributed by atoms with Crippen LogP contribution < -0.4 is 10.6 Å². The average molecular weight is 230 g/mol. The fraction of sp³-hybridized carbons (Fsp3) is 0.500. The first-order valence-electron chi connectivity index (χ1n) is 6.35. The second-order valence-electron chi connectivity index (χ2n) is 5.31. The SMILES string of the molecule is CC(C)NC1CCc2cccc3c2C1C(=O)N3. The Hall–Kier alpha value is -1.35. The Labute approximate surface area is 102 Å². The van der Waals surface area contributed by atoms with E-state index in [1.165, 1.54) is 11.1 Å². The molecule has 2 N–H and O–H groups in total. The predicted octanol–water partition coefficient (Wildman–Crippen LogP) is 2.04. The van der Waals surface area contributed by atoms with Gasteiger partial charge in [0.05, 0.1) is 5.92 Å². The van der Waals surface area contributed by atoms with Gasteiger partial charge in [0.1, 0.15) is 0 Å². The summed E-state index contributed by atoms with van der Waals surface area (Å²) >= 11 is 0. The van der Waals surface area contributed by atoms with Gasteiger partial charge in [0, 0.05) is 17.8 Å². The number of anilines is 1. The Bertz CT molecular complexity index is 467. The molecule has 0 saturated heterocycles. The molecule has 3 rings (SSSR count). The highest BCUT2D eigenvalue weighted by molar-refractivity contribution is 6.04. The molecule has 0 saturated carbocycles. The number of hydrogen-bond donors (Lipinski definition) is 2. The number of hydrogen-bond acceptors (Lipinski definition) is 2. The highest BCUT2D eigenvalue weighted by atomic mass is 16.2. The van der Waals surface area contributed by atoms with Gasteiger partial charge >= 0.3 is 0 Å². The van der Waals surface area contributed by atoms with E-state index in [1.807, 2.05) is 12.1 Å². The molecule has 2 atom stereocenters. The van der Waals surface area contributed by atoms with E-state index in [1.54, 1.807) is 0 Å². The van der Waals surface area contributed by atoms with E-state index in [0.717, 1.165) is 18.5 Å². The first-order chi connectivity index (χ1) is 8.16. The van der Waals surface area contributed by atoms with Crippen LogP contribution in [0.4, 0.5) is 5.69 Å². The molecule has 0 bridgehead atoms. The van der Waals surface area contributed by atoms with Crippen LogP contribution in [0.1, 0.15) is 37.3 Å². The zero-order chi connectivity index (χ0) is 12.0. The second kappa shape index (κ2) is 3.84. The van der Waals surface area contributed by atoms with E-state index in [4.69, 9.17) is 0 Å². The maximum absolute atomic E-state index is 12.1. The normalized spacial score (nSPS) is 25.9. The molecule has 90 valence electrons. The van der Waals surface area contributed by atoms with Crippen LogP contribution in [0.3, 0.4) is 0 Å². The van der Waals surface area contributed by atoms with Gasteiger partial charge in [-0.05, 0) is 30.0 Å². The maximum Gasteiger partial charge on any atom is 0.233 e. The van der Waals surface area contributed by atoms with E-state index in [-0.39, 0.29) is 17.9 Å². The molecule has 3 nitrogen and oxygen atoms in total. The molecule has 1 aromatic carbocycles. The van der Waals surface area contributed by atoms with Gasteiger partial charge in [-0.15, -0.1) is 0 Å². The van der Waals surface area contributed by atoms with Crippen LogP contribution in [-0.4, -0.2) is 18.0 Å². The minimum absolute atomic E-state index is 0.0114. The van der Waals surface area contributed by atoms with Crippen LogP contribution in [0.25, 0.3) is 0 Å². The third-order valence-corrected chi connectivity index (χ3v) is 3.72. The number of amides is 1. The Balaban J connectivity index is 2.01. The molecule has 0 aromatic heterocycles. The lowest BCUT2D eigenvalue weighted by atomic mass is 9.80. The minimum Gasteiger partial charge on any atom is -0.325 e. The average Bonchev–Trinajstić information content (AvgIpc) is 2.61. The van der Waals surface area contributed by atoms with Crippen molar-refractivity contribution in [2.75, 3.05) is 5.32 Å². The highest BCUT2D eigenvalue weighted by Gasteiger charge is 2.40. The molecule has 0 fully saturated rings. The third kappa shape index (κ3) is 1.65. The predicted molar refractivity (Wildman–Crippen MR) is 68.2 cm³/mol. The van der Waals surface area contributed by atoms with Crippen LogP contribution in [0.15, 0.2) is 18.2 Å². The molecule has 3 heteroatoms. The summed E-state index contributed by atoms with van der Waals surface area (Å²) in [5, 5.41) is 6.53. The second-order valence-corrected chi connectivity index (χ2v) is 5.31. The van der Waals surface area contributed by atoms with Gasteiger partial charge in [0.2, 0.25) is 5.91 Å². The largest absolute Gasteiger partial charge is 0.325 e. The summed E-state index contributed by atoms with van der Waals surface area (Å²) in [4.78, 5) is 12.1. The summed E-state index contributed by atoms with van der Waals surface area (Å²) in [7, 11) is 0. The summed E-state index contributed by atoms with van der Waals surface area (Å²) in [5.74, 6) is 0.169. The summed E-state index contributed by atoms with van der Waals surface area (Å²) in [5.41, 5.74) is 3.60. The van der Waals surface area contributed by atoms with Gasteiger partial charge in [0.15, 0.2) is 0 Å². The van der Waals surface area contributed by atoms with Crippen molar-refractivity contribution < 1.29 is 4.79 Å².